The first kappa shape index (κ1) is 23.7. The smallest absolute Gasteiger partial charge is 0.241 e. The number of carbonyl (C=O) groups is 1. The lowest BCUT2D eigenvalue weighted by atomic mass is 9.76. The molecule has 0 aliphatic rings. The third-order valence-corrected chi connectivity index (χ3v) is 4.43. The van der Waals surface area contributed by atoms with Gasteiger partial charge in [0.25, 0.3) is 0 Å². The van der Waals surface area contributed by atoms with E-state index < -0.39 is 0 Å². The Morgan fingerprint density at radius 3 is 2.08 bits per heavy atom. The quantitative estimate of drug-likeness (QED) is 0.302. The molecule has 1 rings (SSSR count). The molecule has 25 heavy (non-hydrogen) atoms. The van der Waals surface area contributed by atoms with E-state index in [1.165, 1.54) is 5.56 Å². The topological polar surface area (TPSA) is 65.5 Å². The summed E-state index contributed by atoms with van der Waals surface area (Å²) in [5.41, 5.74) is 1.39. The summed E-state index contributed by atoms with van der Waals surface area (Å²) in [5.74, 6) is 0.626. The summed E-state index contributed by atoms with van der Waals surface area (Å²) in [6, 6.07) is 10.6. The number of hydrogen-bond donors (Lipinski definition) is 3. The van der Waals surface area contributed by atoms with Gasteiger partial charge in [0.05, 0.1) is 0 Å². The number of likely N-dealkylation sites (N-methyl/N-ethyl adjacent to an activating group) is 1. The molecule has 1 aromatic carbocycles. The molecule has 0 radical (unpaired) electrons. The monoisotopic (exact) mass is 460 g/mol. The zero-order valence-electron chi connectivity index (χ0n) is 15.9. The zero-order valence-corrected chi connectivity index (χ0v) is 18.2. The number of halogens is 1. The predicted octanol–water partition coefficient (Wildman–Crippen LogP) is 3.05. The Labute approximate surface area is 169 Å². The average molecular weight is 460 g/mol. The van der Waals surface area contributed by atoms with Crippen LogP contribution in [0.15, 0.2) is 35.3 Å². The lowest BCUT2D eigenvalue weighted by molar-refractivity contribution is -0.119. The highest BCUT2D eigenvalue weighted by Gasteiger charge is 2.28. The highest BCUT2D eigenvalue weighted by molar-refractivity contribution is 14.0. The van der Waals surface area contributed by atoms with E-state index in [4.69, 9.17) is 0 Å². The summed E-state index contributed by atoms with van der Waals surface area (Å²) in [6.45, 7) is 10.7. The highest BCUT2D eigenvalue weighted by Crippen LogP contribution is 2.30. The lowest BCUT2D eigenvalue weighted by Gasteiger charge is -2.33. The number of aliphatic imine (C=N–C) groups is 1. The van der Waals surface area contributed by atoms with E-state index in [2.05, 4.69) is 59.1 Å². The van der Waals surface area contributed by atoms with E-state index in [1.807, 2.05) is 19.9 Å². The van der Waals surface area contributed by atoms with E-state index >= 15 is 0 Å². The van der Waals surface area contributed by atoms with Crippen LogP contribution in [0.2, 0.25) is 0 Å². The highest BCUT2D eigenvalue weighted by atomic mass is 127. The lowest BCUT2D eigenvalue weighted by Crippen LogP contribution is -2.45. The van der Waals surface area contributed by atoms with Gasteiger partial charge in [-0.15, -0.1) is 24.0 Å². The largest absolute Gasteiger partial charge is 0.357 e. The van der Waals surface area contributed by atoms with Gasteiger partial charge in [0.1, 0.15) is 6.54 Å². The van der Waals surface area contributed by atoms with Crippen LogP contribution >= 0.6 is 24.0 Å². The van der Waals surface area contributed by atoms with Crippen molar-refractivity contribution in [2.45, 2.75) is 46.0 Å². The van der Waals surface area contributed by atoms with Crippen LogP contribution in [0.3, 0.4) is 0 Å². The van der Waals surface area contributed by atoms with E-state index in [0.717, 1.165) is 25.9 Å². The molecule has 0 bridgehead atoms. The van der Waals surface area contributed by atoms with Crippen LogP contribution in [0.1, 0.15) is 46.1 Å². The molecule has 0 unspecified atom stereocenters. The number of carbonyl (C=O) groups excluding carboxylic acids is 1. The normalized spacial score (nSPS) is 11.4. The van der Waals surface area contributed by atoms with Gasteiger partial charge in [-0.2, -0.15) is 0 Å². The predicted molar refractivity (Wildman–Crippen MR) is 117 cm³/mol. The minimum Gasteiger partial charge on any atom is -0.357 e. The van der Waals surface area contributed by atoms with Gasteiger partial charge in [-0.25, -0.2) is 4.99 Å². The number of guanidine groups is 1. The molecular formula is C19H33IN4O. The van der Waals surface area contributed by atoms with Crippen molar-refractivity contribution in [1.29, 1.82) is 0 Å². The first-order valence-corrected chi connectivity index (χ1v) is 8.96. The summed E-state index contributed by atoms with van der Waals surface area (Å²) >= 11 is 0. The number of rotatable bonds is 9. The standard InChI is InChI=1S/C19H32N4O.HI/c1-5-19(6-2,16-12-10-9-11-13-16)15-23-18(21-8-4)22-14-17(24)20-7-3;/h9-13H,5-8,14-15H2,1-4H3,(H,20,24)(H2,21,22,23);1H. The molecule has 3 N–H and O–H groups in total. The molecule has 1 amide bonds. The summed E-state index contributed by atoms with van der Waals surface area (Å²) in [4.78, 5) is 16.0. The Kier molecular flexibility index (Phi) is 12.3. The Balaban J connectivity index is 0.00000576. The number of hydrogen-bond acceptors (Lipinski definition) is 2. The van der Waals surface area contributed by atoms with E-state index in [0.29, 0.717) is 12.5 Å². The number of amides is 1. The van der Waals surface area contributed by atoms with Gasteiger partial charge in [0, 0.05) is 25.0 Å². The van der Waals surface area contributed by atoms with Gasteiger partial charge in [-0.1, -0.05) is 44.2 Å². The minimum atomic E-state index is -0.0602. The van der Waals surface area contributed by atoms with Crippen LogP contribution in [-0.2, 0) is 10.2 Å². The van der Waals surface area contributed by atoms with Crippen molar-refractivity contribution in [2.75, 3.05) is 26.2 Å². The van der Waals surface area contributed by atoms with E-state index in [9.17, 15) is 4.79 Å². The van der Waals surface area contributed by atoms with Gasteiger partial charge in [0.2, 0.25) is 5.91 Å². The molecule has 0 aliphatic carbocycles. The van der Waals surface area contributed by atoms with Gasteiger partial charge in [0.15, 0.2) is 5.96 Å². The molecular weight excluding hydrogens is 427 g/mol. The molecule has 0 aliphatic heterocycles. The third-order valence-electron chi connectivity index (χ3n) is 4.43. The average Bonchev–Trinajstić information content (AvgIpc) is 2.62. The molecule has 0 heterocycles. The molecule has 6 heteroatoms. The van der Waals surface area contributed by atoms with Crippen LogP contribution < -0.4 is 16.0 Å². The second-order valence-corrected chi connectivity index (χ2v) is 5.86. The second-order valence-electron chi connectivity index (χ2n) is 5.86. The fourth-order valence-electron chi connectivity index (χ4n) is 2.80. The zero-order chi connectivity index (χ0) is 17.8. The van der Waals surface area contributed by atoms with Crippen molar-refractivity contribution < 1.29 is 4.79 Å². The van der Waals surface area contributed by atoms with Gasteiger partial charge < -0.3 is 16.0 Å². The van der Waals surface area contributed by atoms with Crippen molar-refractivity contribution in [1.82, 2.24) is 16.0 Å². The fourth-order valence-corrected chi connectivity index (χ4v) is 2.80. The van der Waals surface area contributed by atoms with Crippen LogP contribution in [0.5, 0.6) is 0 Å². The SMILES string of the molecule is CCNC(=O)CN=C(NCC)NCC(CC)(CC)c1ccccc1.I. The Morgan fingerprint density at radius 2 is 1.56 bits per heavy atom. The molecule has 0 aromatic heterocycles. The molecule has 1 aromatic rings. The van der Waals surface area contributed by atoms with Gasteiger partial charge >= 0.3 is 0 Å². The third kappa shape index (κ3) is 7.63. The van der Waals surface area contributed by atoms with Crippen LogP contribution in [0.25, 0.3) is 0 Å². The molecule has 0 saturated carbocycles. The van der Waals surface area contributed by atoms with Crippen LogP contribution in [0.4, 0.5) is 0 Å². The Hall–Kier alpha value is -1.31. The Bertz CT molecular complexity index is 515. The van der Waals surface area contributed by atoms with Crippen molar-refractivity contribution in [3.05, 3.63) is 35.9 Å². The maximum Gasteiger partial charge on any atom is 0.241 e. The number of benzene rings is 1. The second kappa shape index (κ2) is 13.0. The molecule has 0 fully saturated rings. The molecule has 0 spiro atoms. The summed E-state index contributed by atoms with van der Waals surface area (Å²) in [6.07, 6.45) is 2.08. The molecule has 0 saturated heterocycles. The maximum absolute atomic E-state index is 11.6. The van der Waals surface area contributed by atoms with Crippen LogP contribution in [-0.4, -0.2) is 38.0 Å². The number of nitrogens with zero attached hydrogens (tertiary/aromatic N) is 1. The molecule has 0 atom stereocenters. The van der Waals surface area contributed by atoms with E-state index in [-0.39, 0.29) is 41.8 Å². The van der Waals surface area contributed by atoms with Gasteiger partial charge in [-0.05, 0) is 32.3 Å². The Morgan fingerprint density at radius 1 is 0.960 bits per heavy atom. The first-order chi connectivity index (χ1) is 11.6. The van der Waals surface area contributed by atoms with E-state index in [1.54, 1.807) is 0 Å². The van der Waals surface area contributed by atoms with Crippen molar-refractivity contribution in [2.24, 2.45) is 4.99 Å². The van der Waals surface area contributed by atoms with Crippen molar-refractivity contribution in [3.8, 4) is 0 Å². The first-order valence-electron chi connectivity index (χ1n) is 8.96. The fraction of sp³-hybridized carbons (Fsp3) is 0.579. The summed E-state index contributed by atoms with van der Waals surface area (Å²) in [7, 11) is 0. The number of nitrogens with one attached hydrogen (secondary N) is 3. The molecule has 5 nitrogen and oxygen atoms in total. The summed E-state index contributed by atoms with van der Waals surface area (Å²) in [5, 5.41) is 9.39. The van der Waals surface area contributed by atoms with Gasteiger partial charge in [-0.3, -0.25) is 4.79 Å². The molecule has 142 valence electrons. The maximum atomic E-state index is 11.6. The van der Waals surface area contributed by atoms with Crippen LogP contribution in [0, 0.1) is 0 Å². The van der Waals surface area contributed by atoms with Crippen molar-refractivity contribution >= 4 is 35.8 Å². The van der Waals surface area contributed by atoms with Crippen molar-refractivity contribution in [3.63, 3.8) is 0 Å². The summed E-state index contributed by atoms with van der Waals surface area (Å²) < 4.78 is 0. The minimum absolute atomic E-state index is 0.